The van der Waals surface area contributed by atoms with Crippen molar-refractivity contribution in [2.75, 3.05) is 6.54 Å². The molecule has 0 aliphatic rings. The molecule has 0 aromatic carbocycles. The third-order valence-corrected chi connectivity index (χ3v) is 3.58. The zero-order chi connectivity index (χ0) is 12.2. The summed E-state index contributed by atoms with van der Waals surface area (Å²) in [5.74, 6) is -0.343. The van der Waals surface area contributed by atoms with Gasteiger partial charge in [0.25, 0.3) is 5.91 Å². The smallest absolute Gasteiger partial charge is 0.351 e. The first kappa shape index (κ1) is 13.5. The standard InChI is InChI=1S/C9H9BrF3NOS/c10-6-2-5-16-7(6)8(15)14-4-1-3-9(11,12)13/h2,5H,1,3-4H2,(H,14,15). The Kier molecular flexibility index (Phi) is 4.79. The summed E-state index contributed by atoms with van der Waals surface area (Å²) in [5.41, 5.74) is 0. The molecule has 0 aliphatic carbocycles. The van der Waals surface area contributed by atoms with Crippen LogP contribution in [0.1, 0.15) is 22.5 Å². The van der Waals surface area contributed by atoms with Crippen LogP contribution in [0.4, 0.5) is 13.2 Å². The molecule has 0 atom stereocenters. The highest BCUT2D eigenvalue weighted by molar-refractivity contribution is 9.10. The number of carbonyl (C=O) groups excluding carboxylic acids is 1. The largest absolute Gasteiger partial charge is 0.389 e. The minimum Gasteiger partial charge on any atom is -0.351 e. The van der Waals surface area contributed by atoms with E-state index in [9.17, 15) is 18.0 Å². The van der Waals surface area contributed by atoms with Gasteiger partial charge in [-0.15, -0.1) is 11.3 Å². The van der Waals surface area contributed by atoms with Crippen LogP contribution in [0.5, 0.6) is 0 Å². The van der Waals surface area contributed by atoms with E-state index < -0.39 is 12.6 Å². The van der Waals surface area contributed by atoms with Crippen LogP contribution in [0, 0.1) is 0 Å². The summed E-state index contributed by atoms with van der Waals surface area (Å²) in [4.78, 5) is 11.9. The van der Waals surface area contributed by atoms with Crippen molar-refractivity contribution >= 4 is 33.2 Å². The van der Waals surface area contributed by atoms with Crippen molar-refractivity contribution in [1.29, 1.82) is 0 Å². The van der Waals surface area contributed by atoms with Crippen molar-refractivity contribution in [2.45, 2.75) is 19.0 Å². The Balaban J connectivity index is 2.29. The number of rotatable bonds is 4. The predicted octanol–water partition coefficient (Wildman–Crippen LogP) is 3.58. The lowest BCUT2D eigenvalue weighted by Crippen LogP contribution is -2.25. The molecule has 0 radical (unpaired) electrons. The number of amides is 1. The summed E-state index contributed by atoms with van der Waals surface area (Å²) in [6, 6.07) is 1.72. The van der Waals surface area contributed by atoms with Gasteiger partial charge in [0.05, 0.1) is 0 Å². The van der Waals surface area contributed by atoms with E-state index in [1.807, 2.05) is 0 Å². The van der Waals surface area contributed by atoms with Gasteiger partial charge in [0.1, 0.15) is 4.88 Å². The molecule has 1 rings (SSSR count). The maximum Gasteiger partial charge on any atom is 0.389 e. The van der Waals surface area contributed by atoms with Crippen LogP contribution < -0.4 is 5.32 Å². The molecule has 1 heterocycles. The van der Waals surface area contributed by atoms with E-state index in [0.717, 1.165) is 0 Å². The van der Waals surface area contributed by atoms with Crippen LogP contribution in [-0.4, -0.2) is 18.6 Å². The fourth-order valence-corrected chi connectivity index (χ4v) is 2.49. The minimum absolute atomic E-state index is 0.0304. The number of carbonyl (C=O) groups is 1. The van der Waals surface area contributed by atoms with Crippen LogP contribution >= 0.6 is 27.3 Å². The number of halogens is 4. The first-order chi connectivity index (χ1) is 7.40. The molecule has 0 spiro atoms. The van der Waals surface area contributed by atoms with Gasteiger partial charge in [-0.05, 0) is 33.8 Å². The Morgan fingerprint density at radius 3 is 2.69 bits per heavy atom. The van der Waals surface area contributed by atoms with Crippen molar-refractivity contribution in [3.8, 4) is 0 Å². The van der Waals surface area contributed by atoms with Crippen LogP contribution in [-0.2, 0) is 0 Å². The molecule has 2 nitrogen and oxygen atoms in total. The second kappa shape index (κ2) is 5.67. The third kappa shape index (κ3) is 4.52. The van der Waals surface area contributed by atoms with Crippen molar-refractivity contribution in [3.05, 3.63) is 20.8 Å². The Bertz CT molecular complexity index is 364. The highest BCUT2D eigenvalue weighted by atomic mass is 79.9. The average molecular weight is 316 g/mol. The van der Waals surface area contributed by atoms with Crippen molar-refractivity contribution in [1.82, 2.24) is 5.32 Å². The summed E-state index contributed by atoms with van der Waals surface area (Å²) in [5, 5.41) is 4.17. The first-order valence-electron chi connectivity index (χ1n) is 4.48. The number of hydrogen-bond donors (Lipinski definition) is 1. The maximum atomic E-state index is 11.8. The van der Waals surface area contributed by atoms with E-state index in [0.29, 0.717) is 9.35 Å². The van der Waals surface area contributed by atoms with Crippen LogP contribution in [0.15, 0.2) is 15.9 Å². The Hall–Kier alpha value is -0.560. The van der Waals surface area contributed by atoms with Gasteiger partial charge in [0, 0.05) is 17.4 Å². The molecule has 1 N–H and O–H groups in total. The van der Waals surface area contributed by atoms with Crippen LogP contribution in [0.3, 0.4) is 0 Å². The Morgan fingerprint density at radius 1 is 1.50 bits per heavy atom. The zero-order valence-electron chi connectivity index (χ0n) is 8.10. The second-order valence-corrected chi connectivity index (χ2v) is 4.84. The summed E-state index contributed by atoms with van der Waals surface area (Å²) < 4.78 is 36.1. The highest BCUT2D eigenvalue weighted by Gasteiger charge is 2.26. The molecule has 0 saturated heterocycles. The molecule has 16 heavy (non-hydrogen) atoms. The summed E-state index contributed by atoms with van der Waals surface area (Å²) in [6.07, 6.45) is -5.13. The van der Waals surface area contributed by atoms with Gasteiger partial charge >= 0.3 is 6.18 Å². The summed E-state index contributed by atoms with van der Waals surface area (Å²) in [7, 11) is 0. The fraction of sp³-hybridized carbons (Fsp3) is 0.444. The minimum atomic E-state index is -4.16. The highest BCUT2D eigenvalue weighted by Crippen LogP contribution is 2.23. The van der Waals surface area contributed by atoms with Crippen molar-refractivity contribution in [2.24, 2.45) is 0 Å². The molecule has 90 valence electrons. The van der Waals surface area contributed by atoms with Crippen LogP contribution in [0.25, 0.3) is 0 Å². The van der Waals surface area contributed by atoms with Gasteiger partial charge in [-0.2, -0.15) is 13.2 Å². The van der Waals surface area contributed by atoms with Gasteiger partial charge in [0.2, 0.25) is 0 Å². The lowest BCUT2D eigenvalue weighted by molar-refractivity contribution is -0.135. The van der Waals surface area contributed by atoms with Crippen LogP contribution in [0.2, 0.25) is 0 Å². The molecule has 0 unspecified atom stereocenters. The number of nitrogens with one attached hydrogen (secondary N) is 1. The molecule has 1 aromatic heterocycles. The van der Waals surface area contributed by atoms with Gasteiger partial charge in [-0.25, -0.2) is 0 Å². The topological polar surface area (TPSA) is 29.1 Å². The monoisotopic (exact) mass is 315 g/mol. The molecule has 0 bridgehead atoms. The summed E-state index contributed by atoms with van der Waals surface area (Å²) >= 11 is 4.42. The Morgan fingerprint density at radius 2 is 2.19 bits per heavy atom. The number of hydrogen-bond acceptors (Lipinski definition) is 2. The van der Waals surface area contributed by atoms with Crippen molar-refractivity contribution < 1.29 is 18.0 Å². The molecule has 0 fully saturated rings. The zero-order valence-corrected chi connectivity index (χ0v) is 10.5. The van der Waals surface area contributed by atoms with Gasteiger partial charge in [0.15, 0.2) is 0 Å². The second-order valence-electron chi connectivity index (χ2n) is 3.07. The lowest BCUT2D eigenvalue weighted by Gasteiger charge is -2.06. The van der Waals surface area contributed by atoms with E-state index in [2.05, 4.69) is 21.2 Å². The van der Waals surface area contributed by atoms with E-state index in [1.165, 1.54) is 11.3 Å². The lowest BCUT2D eigenvalue weighted by atomic mass is 10.3. The van der Waals surface area contributed by atoms with E-state index in [4.69, 9.17) is 0 Å². The average Bonchev–Trinajstić information content (AvgIpc) is 2.57. The normalized spacial score (nSPS) is 11.5. The number of alkyl halides is 3. The van der Waals surface area contributed by atoms with E-state index >= 15 is 0 Å². The molecular formula is C9H9BrF3NOS. The van der Waals surface area contributed by atoms with E-state index in [1.54, 1.807) is 11.4 Å². The Labute approximate surface area is 103 Å². The fourth-order valence-electron chi connectivity index (χ4n) is 1.03. The quantitative estimate of drug-likeness (QED) is 0.845. The van der Waals surface area contributed by atoms with Gasteiger partial charge < -0.3 is 5.32 Å². The third-order valence-electron chi connectivity index (χ3n) is 1.75. The van der Waals surface area contributed by atoms with Crippen molar-refractivity contribution in [3.63, 3.8) is 0 Å². The van der Waals surface area contributed by atoms with Gasteiger partial charge in [-0.1, -0.05) is 0 Å². The number of thiophene rings is 1. The molecule has 1 amide bonds. The molecule has 0 saturated carbocycles. The van der Waals surface area contributed by atoms with Gasteiger partial charge in [-0.3, -0.25) is 4.79 Å². The molecule has 0 aliphatic heterocycles. The molecule has 7 heteroatoms. The maximum absolute atomic E-state index is 11.8. The molecule has 1 aromatic rings. The molecular weight excluding hydrogens is 307 g/mol. The van der Waals surface area contributed by atoms with E-state index in [-0.39, 0.29) is 18.9 Å². The first-order valence-corrected chi connectivity index (χ1v) is 6.15. The SMILES string of the molecule is O=C(NCCCC(F)(F)F)c1sccc1Br. The predicted molar refractivity (Wildman–Crippen MR) is 59.6 cm³/mol. The summed E-state index contributed by atoms with van der Waals surface area (Å²) in [6.45, 7) is 0.0304.